The van der Waals surface area contributed by atoms with Crippen LogP contribution >= 0.6 is 11.6 Å². The second kappa shape index (κ2) is 7.24. The molecule has 0 aliphatic heterocycles. The predicted molar refractivity (Wildman–Crippen MR) is 74.4 cm³/mol. The summed E-state index contributed by atoms with van der Waals surface area (Å²) >= 11 is 5.53. The molecule has 0 aromatic heterocycles. The van der Waals surface area contributed by atoms with Crippen LogP contribution in [0.3, 0.4) is 0 Å². The third-order valence-electron chi connectivity index (χ3n) is 2.62. The maximum absolute atomic E-state index is 11.8. The van der Waals surface area contributed by atoms with Crippen molar-refractivity contribution in [2.45, 2.75) is 20.0 Å². The fraction of sp³-hybridized carbons (Fsp3) is 0.462. The second-order valence-electron chi connectivity index (χ2n) is 4.03. The van der Waals surface area contributed by atoms with E-state index in [-0.39, 0.29) is 11.8 Å². The molecule has 0 fully saturated rings. The van der Waals surface area contributed by atoms with E-state index in [1.165, 1.54) is 0 Å². The molecule has 0 saturated carbocycles. The molecule has 0 aliphatic carbocycles. The molecule has 0 aliphatic rings. The minimum atomic E-state index is -0.598. The van der Waals surface area contributed by atoms with E-state index < -0.39 is 6.10 Å². The van der Waals surface area contributed by atoms with Gasteiger partial charge in [0.05, 0.1) is 12.0 Å². The molecule has 3 N–H and O–H groups in total. The van der Waals surface area contributed by atoms with Gasteiger partial charge in [0.1, 0.15) is 0 Å². The molecule has 0 heterocycles. The van der Waals surface area contributed by atoms with Crippen molar-refractivity contribution in [2.24, 2.45) is 0 Å². The van der Waals surface area contributed by atoms with E-state index in [4.69, 9.17) is 11.6 Å². The predicted octanol–water partition coefficient (Wildman–Crippen LogP) is 1.76. The zero-order valence-electron chi connectivity index (χ0n) is 10.7. The minimum absolute atomic E-state index is 0.0865. The molecule has 4 nitrogen and oxygen atoms in total. The molecule has 1 unspecified atom stereocenters. The Hall–Kier alpha value is -1.26. The second-order valence-corrected chi connectivity index (χ2v) is 4.34. The summed E-state index contributed by atoms with van der Waals surface area (Å²) in [6, 6.07) is 5.47. The molecule has 1 amide bonds. The lowest BCUT2D eigenvalue weighted by atomic mass is 10.1. The van der Waals surface area contributed by atoms with Crippen LogP contribution in [0.2, 0.25) is 0 Å². The maximum atomic E-state index is 11.8. The fourth-order valence-electron chi connectivity index (χ4n) is 1.61. The van der Waals surface area contributed by atoms with Crippen molar-refractivity contribution in [1.82, 2.24) is 5.32 Å². The lowest BCUT2D eigenvalue weighted by Crippen LogP contribution is -2.25. The Bertz CT molecular complexity index is 410. The molecule has 0 spiro atoms. The first-order valence-corrected chi connectivity index (χ1v) is 6.49. The molecule has 5 heteroatoms. The molecule has 0 saturated heterocycles. The van der Waals surface area contributed by atoms with Crippen LogP contribution in [-0.4, -0.2) is 36.1 Å². The Morgan fingerprint density at radius 3 is 2.83 bits per heavy atom. The zero-order valence-corrected chi connectivity index (χ0v) is 11.4. The van der Waals surface area contributed by atoms with Crippen LogP contribution in [0.15, 0.2) is 18.2 Å². The van der Waals surface area contributed by atoms with Gasteiger partial charge in [-0.25, -0.2) is 0 Å². The van der Waals surface area contributed by atoms with Crippen LogP contribution in [-0.2, 0) is 0 Å². The number of amides is 1. The highest BCUT2D eigenvalue weighted by molar-refractivity contribution is 6.18. The number of nitrogens with one attached hydrogen (secondary N) is 2. The first kappa shape index (κ1) is 14.8. The average Bonchev–Trinajstić information content (AvgIpc) is 2.37. The maximum Gasteiger partial charge on any atom is 0.251 e. The molecule has 1 aromatic carbocycles. The van der Waals surface area contributed by atoms with E-state index in [1.807, 2.05) is 26.0 Å². The number of aliphatic hydroxyl groups excluding tert-OH is 1. The van der Waals surface area contributed by atoms with Crippen molar-refractivity contribution in [3.8, 4) is 0 Å². The first-order chi connectivity index (χ1) is 8.60. The number of hydrogen-bond donors (Lipinski definition) is 3. The normalized spacial score (nSPS) is 12.0. The van der Waals surface area contributed by atoms with Gasteiger partial charge in [-0.15, -0.1) is 11.6 Å². The number of halogens is 1. The Balaban J connectivity index is 2.81. The van der Waals surface area contributed by atoms with E-state index in [0.29, 0.717) is 18.7 Å². The largest absolute Gasteiger partial charge is 0.390 e. The lowest BCUT2D eigenvalue weighted by molar-refractivity contribution is 0.0955. The van der Waals surface area contributed by atoms with Crippen LogP contribution in [0.4, 0.5) is 5.69 Å². The van der Waals surface area contributed by atoms with Gasteiger partial charge in [0.25, 0.3) is 5.91 Å². The van der Waals surface area contributed by atoms with E-state index in [9.17, 15) is 9.90 Å². The lowest BCUT2D eigenvalue weighted by Gasteiger charge is -2.14. The molecule has 1 aromatic rings. The summed E-state index contributed by atoms with van der Waals surface area (Å²) in [5.74, 6) is 0.0961. The van der Waals surface area contributed by atoms with Crippen molar-refractivity contribution in [2.75, 3.05) is 24.3 Å². The Morgan fingerprint density at radius 1 is 1.50 bits per heavy atom. The fourth-order valence-corrected chi connectivity index (χ4v) is 1.72. The molecule has 18 heavy (non-hydrogen) atoms. The van der Waals surface area contributed by atoms with Crippen molar-refractivity contribution in [1.29, 1.82) is 0 Å². The van der Waals surface area contributed by atoms with Gasteiger partial charge < -0.3 is 15.7 Å². The Kier molecular flexibility index (Phi) is 5.95. The highest BCUT2D eigenvalue weighted by Crippen LogP contribution is 2.18. The van der Waals surface area contributed by atoms with Crippen molar-refractivity contribution < 1.29 is 9.90 Å². The first-order valence-electron chi connectivity index (χ1n) is 5.95. The van der Waals surface area contributed by atoms with Crippen LogP contribution in [0.5, 0.6) is 0 Å². The third kappa shape index (κ3) is 3.89. The number of carbonyl (C=O) groups is 1. The van der Waals surface area contributed by atoms with E-state index >= 15 is 0 Å². The van der Waals surface area contributed by atoms with Gasteiger partial charge in [-0.2, -0.15) is 0 Å². The minimum Gasteiger partial charge on any atom is -0.390 e. The molecule has 1 rings (SSSR count). The number of alkyl halides is 1. The van der Waals surface area contributed by atoms with Gasteiger partial charge in [-0.3, -0.25) is 4.79 Å². The number of aliphatic hydroxyl groups is 1. The van der Waals surface area contributed by atoms with Gasteiger partial charge in [-0.1, -0.05) is 6.07 Å². The molecule has 1 atom stereocenters. The summed E-state index contributed by atoms with van der Waals surface area (Å²) < 4.78 is 0. The standard InChI is InChI=1S/C13H19ClN2O2/c1-3-15-13(18)11-5-4-6-12(9(11)2)16-8-10(17)7-14/h4-6,10,16-17H,3,7-8H2,1-2H3,(H,15,18). The number of benzene rings is 1. The number of hydrogen-bond acceptors (Lipinski definition) is 3. The molecule has 0 bridgehead atoms. The summed E-state index contributed by atoms with van der Waals surface area (Å²) in [7, 11) is 0. The highest BCUT2D eigenvalue weighted by atomic mass is 35.5. The van der Waals surface area contributed by atoms with E-state index in [0.717, 1.165) is 11.3 Å². The highest BCUT2D eigenvalue weighted by Gasteiger charge is 2.11. The van der Waals surface area contributed by atoms with Gasteiger partial charge in [0.2, 0.25) is 0 Å². The molecular weight excluding hydrogens is 252 g/mol. The zero-order chi connectivity index (χ0) is 13.5. The molecule has 100 valence electrons. The molecular formula is C13H19ClN2O2. The van der Waals surface area contributed by atoms with E-state index in [1.54, 1.807) is 6.07 Å². The summed E-state index contributed by atoms with van der Waals surface area (Å²) in [4.78, 5) is 11.8. The van der Waals surface area contributed by atoms with Gasteiger partial charge in [0, 0.05) is 24.3 Å². The summed E-state index contributed by atoms with van der Waals surface area (Å²) in [5.41, 5.74) is 2.34. The number of anilines is 1. The smallest absolute Gasteiger partial charge is 0.251 e. The van der Waals surface area contributed by atoms with Crippen molar-refractivity contribution >= 4 is 23.2 Å². The van der Waals surface area contributed by atoms with E-state index in [2.05, 4.69) is 10.6 Å². The van der Waals surface area contributed by atoms with Gasteiger partial charge in [0.15, 0.2) is 0 Å². The van der Waals surface area contributed by atoms with Crippen LogP contribution in [0, 0.1) is 6.92 Å². The summed E-state index contributed by atoms with van der Waals surface area (Å²) in [5, 5.41) is 15.3. The quantitative estimate of drug-likeness (QED) is 0.691. The summed E-state index contributed by atoms with van der Waals surface area (Å²) in [6.45, 7) is 4.72. The van der Waals surface area contributed by atoms with Crippen LogP contribution < -0.4 is 10.6 Å². The molecule has 0 radical (unpaired) electrons. The third-order valence-corrected chi connectivity index (χ3v) is 2.98. The van der Waals surface area contributed by atoms with Crippen molar-refractivity contribution in [3.63, 3.8) is 0 Å². The Labute approximate surface area is 112 Å². The van der Waals surface area contributed by atoms with Crippen molar-refractivity contribution in [3.05, 3.63) is 29.3 Å². The SMILES string of the molecule is CCNC(=O)c1cccc(NCC(O)CCl)c1C. The van der Waals surface area contributed by atoms with Gasteiger partial charge >= 0.3 is 0 Å². The van der Waals surface area contributed by atoms with Crippen LogP contribution in [0.1, 0.15) is 22.8 Å². The number of carbonyl (C=O) groups excluding carboxylic acids is 1. The topological polar surface area (TPSA) is 61.4 Å². The number of rotatable bonds is 6. The monoisotopic (exact) mass is 270 g/mol. The van der Waals surface area contributed by atoms with Gasteiger partial charge in [-0.05, 0) is 31.5 Å². The summed E-state index contributed by atoms with van der Waals surface area (Å²) in [6.07, 6.45) is -0.598. The van der Waals surface area contributed by atoms with Crippen LogP contribution in [0.25, 0.3) is 0 Å². The average molecular weight is 271 g/mol. The Morgan fingerprint density at radius 2 is 2.22 bits per heavy atom.